The Morgan fingerprint density at radius 2 is 1.88 bits per heavy atom. The Hall–Kier alpha value is -3.04. The molecule has 180 valence electrons. The maximum absolute atomic E-state index is 13.9. The van der Waals surface area contributed by atoms with Crippen molar-refractivity contribution in [3.8, 4) is 0 Å². The van der Waals surface area contributed by atoms with Gasteiger partial charge < -0.3 is 10.1 Å². The van der Waals surface area contributed by atoms with Gasteiger partial charge in [-0.1, -0.05) is 24.3 Å². The van der Waals surface area contributed by atoms with Crippen LogP contribution in [0.1, 0.15) is 38.2 Å². The van der Waals surface area contributed by atoms with Gasteiger partial charge in [-0.15, -0.1) is 5.10 Å². The lowest BCUT2D eigenvalue weighted by atomic mass is 9.98. The maximum Gasteiger partial charge on any atom is 0.350 e. The number of carbonyl (C=O) groups is 1. The average molecular weight is 468 g/mol. The fourth-order valence-corrected chi connectivity index (χ4v) is 5.47. The smallest absolute Gasteiger partial charge is 0.350 e. The van der Waals surface area contributed by atoms with Gasteiger partial charge in [-0.3, -0.25) is 14.1 Å². The Labute approximate surface area is 197 Å². The third kappa shape index (κ3) is 4.76. The third-order valence-corrected chi connectivity index (χ3v) is 6.99. The molecule has 0 radical (unpaired) electrons. The van der Waals surface area contributed by atoms with Crippen LogP contribution in [0.4, 0.5) is 4.39 Å². The second-order valence-electron chi connectivity index (χ2n) is 9.37. The number of nitrogens with one attached hydrogen (secondary N) is 1. The lowest BCUT2D eigenvalue weighted by Crippen LogP contribution is -2.53. The summed E-state index contributed by atoms with van der Waals surface area (Å²) in [7, 11) is 0. The zero-order valence-corrected chi connectivity index (χ0v) is 19.3. The van der Waals surface area contributed by atoms with Crippen LogP contribution in [0.25, 0.3) is 5.65 Å². The van der Waals surface area contributed by atoms with E-state index in [4.69, 9.17) is 4.74 Å². The molecule has 9 heteroatoms. The summed E-state index contributed by atoms with van der Waals surface area (Å²) in [6.07, 6.45) is 5.70. The first kappa shape index (κ1) is 22.7. The summed E-state index contributed by atoms with van der Waals surface area (Å²) in [5.74, 6) is -0.361. The Bertz CT molecular complexity index is 1210. The van der Waals surface area contributed by atoms with E-state index in [1.807, 2.05) is 12.1 Å². The van der Waals surface area contributed by atoms with Crippen molar-refractivity contribution < 1.29 is 13.9 Å². The van der Waals surface area contributed by atoms with Gasteiger partial charge in [0, 0.05) is 37.3 Å². The predicted octanol–water partition coefficient (Wildman–Crippen LogP) is 2.35. The Morgan fingerprint density at radius 3 is 2.59 bits per heavy atom. The van der Waals surface area contributed by atoms with Crippen LogP contribution in [0.15, 0.2) is 53.5 Å². The van der Waals surface area contributed by atoms with Crippen molar-refractivity contribution in [3.05, 3.63) is 70.5 Å². The molecular formula is C25H30FN5O3. The monoisotopic (exact) mass is 467 g/mol. The van der Waals surface area contributed by atoms with Crippen LogP contribution in [0.5, 0.6) is 0 Å². The molecule has 2 bridgehead atoms. The van der Waals surface area contributed by atoms with Gasteiger partial charge in [-0.05, 0) is 43.9 Å². The number of aromatic nitrogens is 3. The minimum Gasteiger partial charge on any atom is -0.373 e. The van der Waals surface area contributed by atoms with Crippen molar-refractivity contribution >= 4 is 11.6 Å². The lowest BCUT2D eigenvalue weighted by Gasteiger charge is -2.40. The molecule has 4 heterocycles. The van der Waals surface area contributed by atoms with E-state index in [0.717, 1.165) is 25.7 Å². The van der Waals surface area contributed by atoms with Crippen LogP contribution in [0, 0.1) is 5.82 Å². The maximum atomic E-state index is 13.9. The van der Waals surface area contributed by atoms with Gasteiger partial charge in [0.1, 0.15) is 5.82 Å². The molecule has 0 saturated carbocycles. The Kier molecular flexibility index (Phi) is 6.47. The number of nitrogens with zero attached hydrogens (tertiary/aromatic N) is 4. The Balaban J connectivity index is 1.24. The van der Waals surface area contributed by atoms with Crippen molar-refractivity contribution in [2.45, 2.75) is 70.0 Å². The van der Waals surface area contributed by atoms with Gasteiger partial charge in [0.2, 0.25) is 5.91 Å². The number of rotatable bonds is 8. The molecule has 0 spiro atoms. The van der Waals surface area contributed by atoms with E-state index in [-0.39, 0.29) is 36.2 Å². The number of fused-ring (bicyclic) bond motifs is 3. The van der Waals surface area contributed by atoms with Crippen LogP contribution in [-0.2, 0) is 22.7 Å². The summed E-state index contributed by atoms with van der Waals surface area (Å²) in [4.78, 5) is 27.1. The molecule has 34 heavy (non-hydrogen) atoms. The molecular weight excluding hydrogens is 437 g/mol. The summed E-state index contributed by atoms with van der Waals surface area (Å²) in [5.41, 5.74) is 0.956. The molecule has 3 atom stereocenters. The number of amides is 1. The summed E-state index contributed by atoms with van der Waals surface area (Å²) < 4.78 is 23.0. The molecule has 1 amide bonds. The van der Waals surface area contributed by atoms with Gasteiger partial charge in [0.15, 0.2) is 5.65 Å². The largest absolute Gasteiger partial charge is 0.373 e. The molecule has 3 aromatic rings. The molecule has 3 unspecified atom stereocenters. The number of benzene rings is 1. The van der Waals surface area contributed by atoms with Crippen molar-refractivity contribution in [2.75, 3.05) is 6.54 Å². The molecule has 8 nitrogen and oxygen atoms in total. The molecule has 2 aliphatic rings. The van der Waals surface area contributed by atoms with Crippen molar-refractivity contribution in [1.29, 1.82) is 0 Å². The number of ether oxygens (including phenoxy) is 1. The van der Waals surface area contributed by atoms with Crippen molar-refractivity contribution in [1.82, 2.24) is 24.4 Å². The number of hydrogen-bond acceptors (Lipinski definition) is 5. The molecule has 2 saturated heterocycles. The highest BCUT2D eigenvalue weighted by Crippen LogP contribution is 2.37. The topological polar surface area (TPSA) is 80.9 Å². The normalized spacial score (nSPS) is 23.3. The second-order valence-corrected chi connectivity index (χ2v) is 9.37. The zero-order valence-electron chi connectivity index (χ0n) is 19.3. The minimum atomic E-state index is -0.237. The first-order valence-electron chi connectivity index (χ1n) is 11.9. The van der Waals surface area contributed by atoms with Gasteiger partial charge in [0.05, 0.1) is 25.3 Å². The zero-order chi connectivity index (χ0) is 23.7. The number of halogens is 1. The number of pyridine rings is 1. The quantitative estimate of drug-likeness (QED) is 0.550. The molecule has 2 aliphatic heterocycles. The third-order valence-electron chi connectivity index (χ3n) is 6.99. The molecule has 2 aromatic heterocycles. The van der Waals surface area contributed by atoms with E-state index >= 15 is 0 Å². The summed E-state index contributed by atoms with van der Waals surface area (Å²) in [6.45, 7) is 2.73. The number of piperidine rings is 1. The Morgan fingerprint density at radius 1 is 1.15 bits per heavy atom. The highest BCUT2D eigenvalue weighted by molar-refractivity contribution is 5.73. The standard InChI is InChI=1S/C25H30FN5O3/c1-17(32)27-19(15-31-25(33)29-11-5-4-8-24(29)28-31)14-30-20-9-10-21(30)13-22(12-20)34-16-18-6-2-3-7-23(18)26/h2-8,11,19-22H,9-10,12-16H2,1H3,(H,27,32). The van der Waals surface area contributed by atoms with Crippen LogP contribution in [-0.4, -0.2) is 55.8 Å². The van der Waals surface area contributed by atoms with Gasteiger partial charge in [0.25, 0.3) is 0 Å². The molecule has 5 rings (SSSR count). The van der Waals surface area contributed by atoms with E-state index in [1.165, 1.54) is 22.1 Å². The molecule has 0 aliphatic carbocycles. The first-order valence-corrected chi connectivity index (χ1v) is 11.9. The summed E-state index contributed by atoms with van der Waals surface area (Å²) in [6, 6.07) is 12.6. The first-order chi connectivity index (χ1) is 16.5. The van der Waals surface area contributed by atoms with E-state index in [0.29, 0.717) is 36.4 Å². The SMILES string of the molecule is CC(=O)NC(CN1C2CCC1CC(OCc1ccccc1F)C2)Cn1nc2ccccn2c1=O. The van der Waals surface area contributed by atoms with Gasteiger partial charge >= 0.3 is 5.69 Å². The highest BCUT2D eigenvalue weighted by Gasteiger charge is 2.42. The number of hydrogen-bond donors (Lipinski definition) is 1. The van der Waals surface area contributed by atoms with Crippen LogP contribution >= 0.6 is 0 Å². The highest BCUT2D eigenvalue weighted by atomic mass is 19.1. The molecule has 1 N–H and O–H groups in total. The lowest BCUT2D eigenvalue weighted by molar-refractivity contribution is -0.120. The van der Waals surface area contributed by atoms with Gasteiger partial charge in [-0.25, -0.2) is 13.9 Å². The summed E-state index contributed by atoms with van der Waals surface area (Å²) in [5, 5.41) is 7.44. The minimum absolute atomic E-state index is 0.0913. The van der Waals surface area contributed by atoms with Crippen molar-refractivity contribution in [2.24, 2.45) is 0 Å². The van der Waals surface area contributed by atoms with Crippen LogP contribution in [0.3, 0.4) is 0 Å². The summed E-state index contributed by atoms with van der Waals surface area (Å²) >= 11 is 0. The van der Waals surface area contributed by atoms with E-state index in [9.17, 15) is 14.0 Å². The van der Waals surface area contributed by atoms with Gasteiger partial charge in [-0.2, -0.15) is 0 Å². The average Bonchev–Trinajstić information content (AvgIpc) is 3.24. The predicted molar refractivity (Wildman–Crippen MR) is 125 cm³/mol. The van der Waals surface area contributed by atoms with E-state index in [1.54, 1.807) is 30.5 Å². The van der Waals surface area contributed by atoms with Crippen LogP contribution in [0.2, 0.25) is 0 Å². The molecule has 2 fully saturated rings. The fourth-order valence-electron chi connectivity index (χ4n) is 5.47. The second kappa shape index (κ2) is 9.68. The number of carbonyl (C=O) groups excluding carboxylic acids is 1. The van der Waals surface area contributed by atoms with Crippen LogP contribution < -0.4 is 11.0 Å². The van der Waals surface area contributed by atoms with E-state index in [2.05, 4.69) is 15.3 Å². The molecule has 1 aromatic carbocycles. The van der Waals surface area contributed by atoms with Crippen molar-refractivity contribution in [3.63, 3.8) is 0 Å². The van der Waals surface area contributed by atoms with E-state index < -0.39 is 0 Å². The fraction of sp³-hybridized carbons (Fsp3) is 0.480.